The van der Waals surface area contributed by atoms with Crippen molar-refractivity contribution in [2.75, 3.05) is 23.0 Å². The number of carbonyl (C=O) groups excluding carboxylic acids is 2. The molecule has 3 aromatic rings. The van der Waals surface area contributed by atoms with E-state index < -0.39 is 18.0 Å². The zero-order valence-corrected chi connectivity index (χ0v) is 15.0. The first-order valence-electron chi connectivity index (χ1n) is 8.92. The van der Waals surface area contributed by atoms with Crippen LogP contribution in [0.25, 0.3) is 22.0 Å². The fraction of sp³-hybridized carbons (Fsp3) is 0.211. The van der Waals surface area contributed by atoms with Gasteiger partial charge in [0.25, 0.3) is 5.91 Å². The lowest BCUT2D eigenvalue weighted by Gasteiger charge is -2.20. The molecule has 29 heavy (non-hydrogen) atoms. The number of fused-ring (bicyclic) bond motifs is 2. The van der Waals surface area contributed by atoms with Crippen LogP contribution in [0.4, 0.5) is 21.7 Å². The van der Waals surface area contributed by atoms with Gasteiger partial charge >= 0.3 is 0 Å². The lowest BCUT2D eigenvalue weighted by molar-refractivity contribution is -0.119. The molecular formula is C19H15FN6O3. The maximum atomic E-state index is 13.1. The minimum Gasteiger partial charge on any atom is -0.481 e. The Balaban J connectivity index is 1.55. The number of rotatable bonds is 3. The summed E-state index contributed by atoms with van der Waals surface area (Å²) in [6, 6.07) is 3.41. The Kier molecular flexibility index (Phi) is 3.79. The van der Waals surface area contributed by atoms with Crippen molar-refractivity contribution < 1.29 is 18.7 Å². The molecule has 0 saturated heterocycles. The molecule has 1 aliphatic carbocycles. The Morgan fingerprint density at radius 3 is 2.93 bits per heavy atom. The number of amides is 2. The second kappa shape index (κ2) is 6.36. The molecule has 1 aliphatic heterocycles. The second-order valence-electron chi connectivity index (χ2n) is 6.93. The number of halogens is 1. The van der Waals surface area contributed by atoms with Crippen LogP contribution in [0.1, 0.15) is 6.42 Å². The summed E-state index contributed by atoms with van der Waals surface area (Å²) in [4.78, 5) is 36.2. The third kappa shape index (κ3) is 3.08. The highest BCUT2D eigenvalue weighted by molar-refractivity contribution is 6.00. The van der Waals surface area contributed by atoms with E-state index in [0.29, 0.717) is 39.3 Å². The summed E-state index contributed by atoms with van der Waals surface area (Å²) < 4.78 is 18.6. The molecule has 4 heterocycles. The number of hydrogen-bond acceptors (Lipinski definition) is 7. The van der Waals surface area contributed by atoms with E-state index in [9.17, 15) is 14.0 Å². The molecule has 0 bridgehead atoms. The molecule has 2 aliphatic rings. The zero-order chi connectivity index (χ0) is 20.1. The number of hydrogen-bond donors (Lipinski definition) is 3. The molecule has 5 rings (SSSR count). The summed E-state index contributed by atoms with van der Waals surface area (Å²) in [6.07, 6.45) is 3.73. The summed E-state index contributed by atoms with van der Waals surface area (Å²) in [6.45, 7) is -0.107. The fourth-order valence-corrected chi connectivity index (χ4v) is 3.23. The van der Waals surface area contributed by atoms with E-state index in [0.717, 1.165) is 0 Å². The fourth-order valence-electron chi connectivity index (χ4n) is 3.23. The van der Waals surface area contributed by atoms with Gasteiger partial charge in [-0.15, -0.1) is 0 Å². The normalized spacial score (nSPS) is 19.8. The number of nitrogens with zero attached hydrogens (tertiary/aromatic N) is 3. The standard InChI is InChI=1S/C19H15FN6O3/c20-12-3-9(12)19(28)26-15-2-8-1-13(25-18(21)10(8)5-23-15)11-4-22-6-14-17(11)29-7-16(27)24-14/h1-2,4-6,9,12H,3,7H2,(H2,21,25)(H,24,27)(H,23,26,28)/t9-,12+/m0/s1. The maximum absolute atomic E-state index is 13.1. The summed E-state index contributed by atoms with van der Waals surface area (Å²) in [7, 11) is 0. The van der Waals surface area contributed by atoms with Gasteiger partial charge in [0.15, 0.2) is 12.4 Å². The van der Waals surface area contributed by atoms with Gasteiger partial charge in [0.05, 0.1) is 23.4 Å². The predicted octanol–water partition coefficient (Wildman–Crippen LogP) is 1.90. The van der Waals surface area contributed by atoms with Crippen LogP contribution in [0.5, 0.6) is 5.75 Å². The average Bonchev–Trinajstić information content (AvgIpc) is 3.44. The molecule has 1 fully saturated rings. The van der Waals surface area contributed by atoms with Crippen molar-refractivity contribution in [3.05, 3.63) is 30.7 Å². The van der Waals surface area contributed by atoms with E-state index in [-0.39, 0.29) is 24.8 Å². The molecule has 3 aromatic heterocycles. The van der Waals surface area contributed by atoms with Gasteiger partial charge in [-0.25, -0.2) is 14.4 Å². The van der Waals surface area contributed by atoms with Crippen LogP contribution < -0.4 is 21.1 Å². The van der Waals surface area contributed by atoms with Gasteiger partial charge in [-0.3, -0.25) is 14.6 Å². The number of anilines is 3. The molecular weight excluding hydrogens is 379 g/mol. The van der Waals surface area contributed by atoms with E-state index in [1.165, 1.54) is 12.4 Å². The minimum atomic E-state index is -1.08. The SMILES string of the molecule is Nc1nc(-c2cncc3c2OCC(=O)N3)cc2cc(NC(=O)[C@H]3C[C@H]3F)ncc12. The van der Waals surface area contributed by atoms with Gasteiger partial charge in [0.2, 0.25) is 5.91 Å². The molecule has 0 unspecified atom stereocenters. The van der Waals surface area contributed by atoms with E-state index in [1.807, 2.05) is 0 Å². The molecule has 0 radical (unpaired) electrons. The average molecular weight is 394 g/mol. The molecule has 10 heteroatoms. The monoisotopic (exact) mass is 394 g/mol. The Morgan fingerprint density at radius 1 is 1.31 bits per heavy atom. The molecule has 0 aromatic carbocycles. The Labute approximate surface area is 163 Å². The first-order chi connectivity index (χ1) is 14.0. The number of nitrogens with one attached hydrogen (secondary N) is 2. The number of ether oxygens (including phenoxy) is 1. The van der Waals surface area contributed by atoms with Crippen molar-refractivity contribution in [2.24, 2.45) is 5.92 Å². The van der Waals surface area contributed by atoms with Crippen LogP contribution in [0.15, 0.2) is 30.7 Å². The van der Waals surface area contributed by atoms with Crippen molar-refractivity contribution in [3.63, 3.8) is 0 Å². The van der Waals surface area contributed by atoms with E-state index in [2.05, 4.69) is 25.6 Å². The van der Waals surface area contributed by atoms with E-state index in [4.69, 9.17) is 10.5 Å². The van der Waals surface area contributed by atoms with Crippen molar-refractivity contribution in [3.8, 4) is 17.0 Å². The molecule has 4 N–H and O–H groups in total. The minimum absolute atomic E-state index is 0.107. The highest BCUT2D eigenvalue weighted by Gasteiger charge is 2.43. The number of nitrogen functional groups attached to an aromatic ring is 1. The summed E-state index contributed by atoms with van der Waals surface area (Å²) in [5.41, 5.74) is 7.61. The number of pyridine rings is 3. The van der Waals surface area contributed by atoms with Crippen molar-refractivity contribution >= 4 is 39.9 Å². The first-order valence-corrected chi connectivity index (χ1v) is 8.92. The van der Waals surface area contributed by atoms with Crippen LogP contribution in [-0.2, 0) is 9.59 Å². The lowest BCUT2D eigenvalue weighted by Crippen LogP contribution is -2.25. The zero-order valence-electron chi connectivity index (χ0n) is 15.0. The largest absolute Gasteiger partial charge is 0.481 e. The predicted molar refractivity (Wildman–Crippen MR) is 103 cm³/mol. The van der Waals surface area contributed by atoms with Crippen LogP contribution in [0, 0.1) is 5.92 Å². The number of nitrogens with two attached hydrogens (primary N) is 1. The first kappa shape index (κ1) is 17.3. The van der Waals surface area contributed by atoms with Gasteiger partial charge in [0, 0.05) is 17.8 Å². The van der Waals surface area contributed by atoms with Crippen LogP contribution in [0.2, 0.25) is 0 Å². The molecule has 2 atom stereocenters. The van der Waals surface area contributed by atoms with Crippen LogP contribution in [0.3, 0.4) is 0 Å². The molecule has 2 amide bonds. The summed E-state index contributed by atoms with van der Waals surface area (Å²) in [5, 5.41) is 6.61. The van der Waals surface area contributed by atoms with E-state index in [1.54, 1.807) is 18.3 Å². The van der Waals surface area contributed by atoms with Crippen molar-refractivity contribution in [2.45, 2.75) is 12.6 Å². The number of aromatic nitrogens is 3. The topological polar surface area (TPSA) is 132 Å². The molecule has 1 saturated carbocycles. The third-order valence-corrected chi connectivity index (χ3v) is 4.84. The van der Waals surface area contributed by atoms with E-state index >= 15 is 0 Å². The molecule has 9 nitrogen and oxygen atoms in total. The van der Waals surface area contributed by atoms with Crippen molar-refractivity contribution in [1.82, 2.24) is 15.0 Å². The second-order valence-corrected chi connectivity index (χ2v) is 6.93. The van der Waals surface area contributed by atoms with Gasteiger partial charge in [-0.2, -0.15) is 0 Å². The third-order valence-electron chi connectivity index (χ3n) is 4.84. The number of alkyl halides is 1. The summed E-state index contributed by atoms with van der Waals surface area (Å²) in [5.74, 6) is -0.269. The Morgan fingerprint density at radius 2 is 2.14 bits per heavy atom. The Hall–Kier alpha value is -3.82. The Bertz CT molecular complexity index is 1180. The van der Waals surface area contributed by atoms with Gasteiger partial charge in [-0.05, 0) is 23.9 Å². The number of carbonyl (C=O) groups is 2. The van der Waals surface area contributed by atoms with Gasteiger partial charge in [0.1, 0.15) is 23.5 Å². The van der Waals surface area contributed by atoms with Gasteiger partial charge < -0.3 is 21.1 Å². The smallest absolute Gasteiger partial charge is 0.262 e. The molecule has 0 spiro atoms. The maximum Gasteiger partial charge on any atom is 0.262 e. The van der Waals surface area contributed by atoms with Crippen LogP contribution in [-0.4, -0.2) is 39.5 Å². The summed E-state index contributed by atoms with van der Waals surface area (Å²) >= 11 is 0. The van der Waals surface area contributed by atoms with Gasteiger partial charge in [-0.1, -0.05) is 0 Å². The highest BCUT2D eigenvalue weighted by Crippen LogP contribution is 2.38. The quantitative estimate of drug-likeness (QED) is 0.618. The molecule has 146 valence electrons. The van der Waals surface area contributed by atoms with Crippen LogP contribution >= 0.6 is 0 Å². The lowest BCUT2D eigenvalue weighted by atomic mass is 10.1. The van der Waals surface area contributed by atoms with Crippen molar-refractivity contribution in [1.29, 1.82) is 0 Å². The highest BCUT2D eigenvalue weighted by atomic mass is 19.1.